The van der Waals surface area contributed by atoms with Gasteiger partial charge < -0.3 is 14.8 Å². The number of aryl methyl sites for hydroxylation is 1. The van der Waals surface area contributed by atoms with E-state index in [2.05, 4.69) is 5.32 Å². The zero-order valence-corrected chi connectivity index (χ0v) is 16.3. The lowest BCUT2D eigenvalue weighted by Crippen LogP contribution is -2.36. The number of hydrogen-bond acceptors (Lipinski definition) is 5. The van der Waals surface area contributed by atoms with Crippen LogP contribution in [0.25, 0.3) is 0 Å². The van der Waals surface area contributed by atoms with E-state index in [0.29, 0.717) is 45.0 Å². The molecule has 1 N–H and O–H groups in total. The van der Waals surface area contributed by atoms with Gasteiger partial charge in [-0.15, -0.1) is 0 Å². The largest absolute Gasteiger partial charge is 0.382 e. The Balaban J connectivity index is 2.03. The minimum absolute atomic E-state index is 0.173. The summed E-state index contributed by atoms with van der Waals surface area (Å²) in [6.07, 6.45) is 2.81. The fourth-order valence-electron chi connectivity index (χ4n) is 2.84. The van der Waals surface area contributed by atoms with Crippen LogP contribution in [0.5, 0.6) is 0 Å². The summed E-state index contributed by atoms with van der Waals surface area (Å²) in [5.74, 6) is -0.298. The second kappa shape index (κ2) is 10.0. The van der Waals surface area contributed by atoms with Crippen LogP contribution in [0.15, 0.2) is 23.1 Å². The third-order valence-corrected chi connectivity index (χ3v) is 6.26. The van der Waals surface area contributed by atoms with Gasteiger partial charge in [0.25, 0.3) is 5.91 Å². The van der Waals surface area contributed by atoms with Crippen molar-refractivity contribution in [3.63, 3.8) is 0 Å². The lowest BCUT2D eigenvalue weighted by atomic mass is 10.1. The van der Waals surface area contributed by atoms with Gasteiger partial charge in [0.05, 0.1) is 24.7 Å². The van der Waals surface area contributed by atoms with Crippen LogP contribution in [-0.2, 0) is 19.5 Å². The molecule has 1 aromatic carbocycles. The van der Waals surface area contributed by atoms with Crippen molar-refractivity contribution in [2.75, 3.05) is 46.6 Å². The highest BCUT2D eigenvalue weighted by molar-refractivity contribution is 7.89. The lowest BCUT2D eigenvalue weighted by molar-refractivity contribution is 0.0692. The standard InChI is InChI=1S/C18H28N2O5S/c1-15-6-7-16(26(22,23)20-9-4-3-5-10-20)14-17(15)18(21)19-8-11-25-13-12-24-2/h6-7,14H,3-5,8-13H2,1-2H3,(H,19,21). The smallest absolute Gasteiger partial charge is 0.251 e. The summed E-state index contributed by atoms with van der Waals surface area (Å²) in [5, 5.41) is 2.76. The van der Waals surface area contributed by atoms with Gasteiger partial charge in [-0.1, -0.05) is 12.5 Å². The third kappa shape index (κ3) is 5.51. The molecule has 1 aromatic rings. The molecule has 0 saturated carbocycles. The number of carbonyl (C=O) groups excluding carboxylic acids is 1. The number of amides is 1. The van der Waals surface area contributed by atoms with Crippen LogP contribution in [0.2, 0.25) is 0 Å². The Hall–Kier alpha value is -1.48. The number of nitrogens with one attached hydrogen (secondary N) is 1. The maximum absolute atomic E-state index is 12.8. The van der Waals surface area contributed by atoms with Crippen molar-refractivity contribution >= 4 is 15.9 Å². The molecule has 1 amide bonds. The van der Waals surface area contributed by atoms with Gasteiger partial charge >= 0.3 is 0 Å². The van der Waals surface area contributed by atoms with Crippen molar-refractivity contribution in [2.24, 2.45) is 0 Å². The molecule has 7 nitrogen and oxygen atoms in total. The average molecular weight is 384 g/mol. The second-order valence-corrected chi connectivity index (χ2v) is 8.24. The monoisotopic (exact) mass is 384 g/mol. The van der Waals surface area contributed by atoms with Crippen molar-refractivity contribution in [1.82, 2.24) is 9.62 Å². The number of sulfonamides is 1. The fourth-order valence-corrected chi connectivity index (χ4v) is 4.38. The Labute approximate surface area is 155 Å². The molecule has 1 saturated heterocycles. The van der Waals surface area contributed by atoms with Crippen LogP contribution in [0.1, 0.15) is 35.2 Å². The molecule has 0 spiro atoms. The molecule has 0 atom stereocenters. The highest BCUT2D eigenvalue weighted by Crippen LogP contribution is 2.22. The number of rotatable bonds is 9. The summed E-state index contributed by atoms with van der Waals surface area (Å²) < 4.78 is 37.3. The Kier molecular flexibility index (Phi) is 8.02. The minimum atomic E-state index is -3.56. The number of nitrogens with zero attached hydrogens (tertiary/aromatic N) is 1. The van der Waals surface area contributed by atoms with Gasteiger partial charge in [-0.2, -0.15) is 4.31 Å². The van der Waals surface area contributed by atoms with Crippen LogP contribution in [-0.4, -0.2) is 65.2 Å². The fraction of sp³-hybridized carbons (Fsp3) is 0.611. The van der Waals surface area contributed by atoms with E-state index in [1.54, 1.807) is 26.2 Å². The molecule has 146 valence electrons. The summed E-state index contributed by atoms with van der Waals surface area (Å²) in [6.45, 7) is 4.57. The maximum atomic E-state index is 12.8. The lowest BCUT2D eigenvalue weighted by Gasteiger charge is -2.26. The first-order valence-electron chi connectivity index (χ1n) is 8.92. The van der Waals surface area contributed by atoms with E-state index in [1.807, 2.05) is 0 Å². The molecule has 1 aliphatic heterocycles. The topological polar surface area (TPSA) is 84.9 Å². The van der Waals surface area contributed by atoms with E-state index in [9.17, 15) is 13.2 Å². The highest BCUT2D eigenvalue weighted by atomic mass is 32.2. The molecule has 0 aliphatic carbocycles. The molecule has 26 heavy (non-hydrogen) atoms. The van der Waals surface area contributed by atoms with E-state index < -0.39 is 10.0 Å². The zero-order chi connectivity index (χ0) is 19.0. The first-order valence-corrected chi connectivity index (χ1v) is 10.4. The molecular weight excluding hydrogens is 356 g/mol. The van der Waals surface area contributed by atoms with Crippen LogP contribution >= 0.6 is 0 Å². The van der Waals surface area contributed by atoms with Crippen molar-refractivity contribution in [3.05, 3.63) is 29.3 Å². The summed E-state index contributed by atoms with van der Waals surface area (Å²) in [6, 6.07) is 4.73. The molecule has 0 bridgehead atoms. The van der Waals surface area contributed by atoms with E-state index in [1.165, 1.54) is 10.4 Å². The normalized spacial score (nSPS) is 15.8. The highest BCUT2D eigenvalue weighted by Gasteiger charge is 2.27. The van der Waals surface area contributed by atoms with Crippen molar-refractivity contribution in [2.45, 2.75) is 31.1 Å². The van der Waals surface area contributed by atoms with E-state index in [4.69, 9.17) is 9.47 Å². The van der Waals surface area contributed by atoms with Crippen molar-refractivity contribution in [3.8, 4) is 0 Å². The SMILES string of the molecule is COCCOCCNC(=O)c1cc(S(=O)(=O)N2CCCCC2)ccc1C. The van der Waals surface area contributed by atoms with Gasteiger partial charge in [-0.3, -0.25) is 4.79 Å². The number of piperidine rings is 1. The van der Waals surface area contributed by atoms with Gasteiger partial charge in [0.15, 0.2) is 0 Å². The molecule has 8 heteroatoms. The van der Waals surface area contributed by atoms with Gasteiger partial charge in [-0.05, 0) is 37.5 Å². The van der Waals surface area contributed by atoms with Crippen LogP contribution < -0.4 is 5.32 Å². The van der Waals surface area contributed by atoms with E-state index in [0.717, 1.165) is 24.8 Å². The molecule has 2 rings (SSSR count). The Bertz CT molecular complexity index is 700. The molecule has 0 radical (unpaired) electrons. The molecular formula is C18H28N2O5S. The summed E-state index contributed by atoms with van der Waals surface area (Å²) in [7, 11) is -1.96. The van der Waals surface area contributed by atoms with Crippen LogP contribution in [0.3, 0.4) is 0 Å². The Morgan fingerprint density at radius 3 is 2.58 bits per heavy atom. The van der Waals surface area contributed by atoms with Crippen LogP contribution in [0.4, 0.5) is 0 Å². The number of ether oxygens (including phenoxy) is 2. The van der Waals surface area contributed by atoms with E-state index in [-0.39, 0.29) is 10.8 Å². The molecule has 0 unspecified atom stereocenters. The third-order valence-electron chi connectivity index (χ3n) is 4.37. The zero-order valence-electron chi connectivity index (χ0n) is 15.5. The second-order valence-electron chi connectivity index (χ2n) is 6.30. The van der Waals surface area contributed by atoms with Gasteiger partial charge in [-0.25, -0.2) is 8.42 Å². The van der Waals surface area contributed by atoms with Crippen molar-refractivity contribution < 1.29 is 22.7 Å². The summed E-state index contributed by atoms with van der Waals surface area (Å²) >= 11 is 0. The van der Waals surface area contributed by atoms with Crippen LogP contribution in [0, 0.1) is 6.92 Å². The number of hydrogen-bond donors (Lipinski definition) is 1. The minimum Gasteiger partial charge on any atom is -0.382 e. The number of methoxy groups -OCH3 is 1. The molecule has 1 fully saturated rings. The number of carbonyl (C=O) groups is 1. The molecule has 0 aromatic heterocycles. The van der Waals surface area contributed by atoms with Gasteiger partial charge in [0.2, 0.25) is 10.0 Å². The summed E-state index contributed by atoms with van der Waals surface area (Å²) in [4.78, 5) is 12.6. The average Bonchev–Trinajstić information content (AvgIpc) is 2.65. The predicted molar refractivity (Wildman–Crippen MR) is 98.8 cm³/mol. The van der Waals surface area contributed by atoms with Gasteiger partial charge in [0, 0.05) is 32.3 Å². The first kappa shape index (κ1) is 20.8. The van der Waals surface area contributed by atoms with E-state index >= 15 is 0 Å². The van der Waals surface area contributed by atoms with Gasteiger partial charge in [0.1, 0.15) is 0 Å². The molecule has 1 heterocycles. The molecule has 1 aliphatic rings. The number of benzene rings is 1. The first-order chi connectivity index (χ1) is 12.5. The summed E-state index contributed by atoms with van der Waals surface area (Å²) in [5.41, 5.74) is 1.11. The quantitative estimate of drug-likeness (QED) is 0.653. The predicted octanol–water partition coefficient (Wildman–Crippen LogP) is 1.56. The Morgan fingerprint density at radius 1 is 1.15 bits per heavy atom. The van der Waals surface area contributed by atoms with Crippen molar-refractivity contribution in [1.29, 1.82) is 0 Å². The Morgan fingerprint density at radius 2 is 1.88 bits per heavy atom. The maximum Gasteiger partial charge on any atom is 0.251 e.